The number of amides is 2. The molecule has 8 nitrogen and oxygen atoms in total. The van der Waals surface area contributed by atoms with Gasteiger partial charge >= 0.3 is 6.09 Å². The third-order valence-electron chi connectivity index (χ3n) is 7.01. The molecule has 1 aromatic heterocycles. The Labute approximate surface area is 217 Å². The van der Waals surface area contributed by atoms with Crippen molar-refractivity contribution < 1.29 is 23.8 Å². The van der Waals surface area contributed by atoms with Gasteiger partial charge in [-0.05, 0) is 56.2 Å². The molecule has 8 heteroatoms. The maximum Gasteiger partial charge on any atom is 0.409 e. The van der Waals surface area contributed by atoms with E-state index in [-0.39, 0.29) is 12.0 Å². The third kappa shape index (κ3) is 4.88. The molecule has 0 radical (unpaired) electrons. The molecule has 1 saturated heterocycles. The molecule has 1 fully saturated rings. The van der Waals surface area contributed by atoms with Gasteiger partial charge in [-0.2, -0.15) is 0 Å². The normalized spacial score (nSPS) is 14.5. The molecule has 0 bridgehead atoms. The number of aryl methyl sites for hydroxylation is 2. The van der Waals surface area contributed by atoms with E-state index >= 15 is 0 Å². The van der Waals surface area contributed by atoms with Crippen LogP contribution in [-0.2, 0) is 22.6 Å². The summed E-state index contributed by atoms with van der Waals surface area (Å²) in [5, 5.41) is 0. The van der Waals surface area contributed by atoms with Crippen LogP contribution in [-0.4, -0.2) is 66.3 Å². The summed E-state index contributed by atoms with van der Waals surface area (Å²) in [5.41, 5.74) is 6.28. The van der Waals surface area contributed by atoms with Crippen LogP contribution in [0.4, 0.5) is 4.79 Å². The smallest absolute Gasteiger partial charge is 0.409 e. The van der Waals surface area contributed by atoms with Crippen molar-refractivity contribution in [1.29, 1.82) is 0 Å². The zero-order valence-electron chi connectivity index (χ0n) is 21.7. The summed E-state index contributed by atoms with van der Waals surface area (Å²) in [7, 11) is 1.68. The van der Waals surface area contributed by atoms with Crippen molar-refractivity contribution in [2.75, 3.05) is 39.9 Å². The van der Waals surface area contributed by atoms with Crippen molar-refractivity contribution >= 4 is 12.0 Å². The standard InChI is InChI=1S/C29H33N3O5/c1-4-36-29(34)31-15-13-30(14-16-31)27(33)12-10-22-18-21-19-37-25-8-6-5-7-23(25)28(21)32(22)24-11-9-20(2)17-26(24)35-3/h5-9,11,17-18H,4,10,12-16,19H2,1-3H3. The number of methoxy groups -OCH3 is 1. The largest absolute Gasteiger partial charge is 0.495 e. The number of hydrogen-bond donors (Lipinski definition) is 0. The van der Waals surface area contributed by atoms with Crippen LogP contribution >= 0.6 is 0 Å². The van der Waals surface area contributed by atoms with E-state index in [1.165, 1.54) is 0 Å². The minimum Gasteiger partial charge on any atom is -0.495 e. The van der Waals surface area contributed by atoms with Crippen molar-refractivity contribution in [3.63, 3.8) is 0 Å². The molecule has 5 rings (SSSR count). The van der Waals surface area contributed by atoms with E-state index in [2.05, 4.69) is 28.8 Å². The molecule has 0 saturated carbocycles. The molecule has 37 heavy (non-hydrogen) atoms. The van der Waals surface area contributed by atoms with Gasteiger partial charge in [0.1, 0.15) is 18.1 Å². The Hall–Kier alpha value is -3.94. The van der Waals surface area contributed by atoms with Crippen molar-refractivity contribution in [3.05, 3.63) is 65.4 Å². The lowest BCUT2D eigenvalue weighted by molar-refractivity contribution is -0.132. The number of fused-ring (bicyclic) bond motifs is 3. The number of ether oxygens (including phenoxy) is 3. The lowest BCUT2D eigenvalue weighted by atomic mass is 10.0. The quantitative estimate of drug-likeness (QED) is 0.492. The van der Waals surface area contributed by atoms with Crippen LogP contribution in [0.1, 0.15) is 30.2 Å². The number of piperazine rings is 1. The van der Waals surface area contributed by atoms with Crippen LogP contribution in [0.2, 0.25) is 0 Å². The Kier molecular flexibility index (Phi) is 7.08. The highest BCUT2D eigenvalue weighted by atomic mass is 16.6. The Bertz CT molecular complexity index is 1310. The van der Waals surface area contributed by atoms with Crippen LogP contribution in [0.3, 0.4) is 0 Å². The topological polar surface area (TPSA) is 73.2 Å². The molecule has 2 aliphatic heterocycles. The number of aromatic nitrogens is 1. The predicted molar refractivity (Wildman–Crippen MR) is 140 cm³/mol. The number of carbonyl (C=O) groups is 2. The van der Waals surface area contributed by atoms with Gasteiger partial charge < -0.3 is 28.6 Å². The lowest BCUT2D eigenvalue weighted by Crippen LogP contribution is -2.50. The molecular weight excluding hydrogens is 470 g/mol. The number of hydrogen-bond acceptors (Lipinski definition) is 5. The van der Waals surface area contributed by atoms with Gasteiger partial charge in [-0.15, -0.1) is 0 Å². The van der Waals surface area contributed by atoms with E-state index in [0.29, 0.717) is 52.2 Å². The molecule has 0 atom stereocenters. The number of nitrogens with zero attached hydrogens (tertiary/aromatic N) is 3. The molecule has 0 spiro atoms. The van der Waals surface area contributed by atoms with E-state index in [1.54, 1.807) is 18.9 Å². The first kappa shape index (κ1) is 24.7. The van der Waals surface area contributed by atoms with Gasteiger partial charge in [0, 0.05) is 49.4 Å². The molecule has 3 heterocycles. The zero-order chi connectivity index (χ0) is 25.9. The van der Waals surface area contributed by atoms with E-state index in [0.717, 1.165) is 45.3 Å². The van der Waals surface area contributed by atoms with Gasteiger partial charge in [-0.1, -0.05) is 18.2 Å². The Morgan fingerprint density at radius 2 is 1.76 bits per heavy atom. The Balaban J connectivity index is 1.41. The van der Waals surface area contributed by atoms with Crippen LogP contribution < -0.4 is 9.47 Å². The second-order valence-corrected chi connectivity index (χ2v) is 9.37. The summed E-state index contributed by atoms with van der Waals surface area (Å²) >= 11 is 0. The minimum atomic E-state index is -0.312. The SMILES string of the molecule is CCOC(=O)N1CCN(C(=O)CCc2cc3c(n2-c2ccc(C)cc2OC)-c2ccccc2OC3)CC1. The van der Waals surface area contributed by atoms with Crippen molar-refractivity contribution in [1.82, 2.24) is 14.4 Å². The molecule has 2 amide bonds. The van der Waals surface area contributed by atoms with Crippen molar-refractivity contribution in [3.8, 4) is 28.4 Å². The van der Waals surface area contributed by atoms with E-state index in [4.69, 9.17) is 14.2 Å². The fourth-order valence-corrected chi connectivity index (χ4v) is 5.14. The third-order valence-corrected chi connectivity index (χ3v) is 7.01. The second kappa shape index (κ2) is 10.6. The first-order valence-corrected chi connectivity index (χ1v) is 12.8. The van der Waals surface area contributed by atoms with Gasteiger partial charge in [0.15, 0.2) is 0 Å². The maximum absolute atomic E-state index is 13.2. The highest BCUT2D eigenvalue weighted by Gasteiger charge is 2.28. The molecule has 0 N–H and O–H groups in total. The molecule has 194 valence electrons. The summed E-state index contributed by atoms with van der Waals surface area (Å²) in [6.07, 6.45) is 0.634. The predicted octanol–water partition coefficient (Wildman–Crippen LogP) is 4.59. The van der Waals surface area contributed by atoms with Crippen LogP contribution in [0.15, 0.2) is 48.5 Å². The van der Waals surface area contributed by atoms with Gasteiger partial charge in [-0.3, -0.25) is 4.79 Å². The summed E-state index contributed by atoms with van der Waals surface area (Å²) in [4.78, 5) is 28.7. The summed E-state index contributed by atoms with van der Waals surface area (Å²) in [6.45, 7) is 6.68. The number of carbonyl (C=O) groups excluding carboxylic acids is 2. The van der Waals surface area contributed by atoms with E-state index in [9.17, 15) is 9.59 Å². The van der Waals surface area contributed by atoms with Crippen molar-refractivity contribution in [2.24, 2.45) is 0 Å². The monoisotopic (exact) mass is 503 g/mol. The van der Waals surface area contributed by atoms with Crippen molar-refractivity contribution in [2.45, 2.75) is 33.3 Å². The lowest BCUT2D eigenvalue weighted by Gasteiger charge is -2.34. The molecule has 0 aliphatic carbocycles. The number of rotatable bonds is 6. The van der Waals surface area contributed by atoms with Gasteiger partial charge in [-0.25, -0.2) is 4.79 Å². The summed E-state index contributed by atoms with van der Waals surface area (Å²) < 4.78 is 19.1. The second-order valence-electron chi connectivity index (χ2n) is 9.37. The first-order chi connectivity index (χ1) is 18.0. The Morgan fingerprint density at radius 3 is 2.51 bits per heavy atom. The average Bonchev–Trinajstić information content (AvgIpc) is 3.30. The summed E-state index contributed by atoms with van der Waals surface area (Å²) in [6, 6.07) is 16.4. The van der Waals surface area contributed by atoms with E-state index in [1.807, 2.05) is 36.1 Å². The Morgan fingerprint density at radius 1 is 1.00 bits per heavy atom. The fraction of sp³-hybridized carbons (Fsp3) is 0.379. The van der Waals surface area contributed by atoms with E-state index < -0.39 is 0 Å². The van der Waals surface area contributed by atoms with Gasteiger partial charge in [0.25, 0.3) is 0 Å². The maximum atomic E-state index is 13.2. The fourth-order valence-electron chi connectivity index (χ4n) is 5.14. The average molecular weight is 504 g/mol. The van der Waals surface area contributed by atoms with Crippen LogP contribution in [0.25, 0.3) is 16.9 Å². The van der Waals surface area contributed by atoms with Crippen LogP contribution in [0.5, 0.6) is 11.5 Å². The molecule has 2 aliphatic rings. The molecular formula is C29H33N3O5. The van der Waals surface area contributed by atoms with Gasteiger partial charge in [0.2, 0.25) is 5.91 Å². The first-order valence-electron chi connectivity index (χ1n) is 12.8. The summed E-state index contributed by atoms with van der Waals surface area (Å²) in [5.74, 6) is 1.72. The number of para-hydroxylation sites is 1. The van der Waals surface area contributed by atoms with Crippen LogP contribution in [0, 0.1) is 6.92 Å². The minimum absolute atomic E-state index is 0.0850. The molecule has 3 aromatic rings. The highest BCUT2D eigenvalue weighted by molar-refractivity contribution is 5.78. The number of benzene rings is 2. The zero-order valence-corrected chi connectivity index (χ0v) is 21.7. The van der Waals surface area contributed by atoms with Gasteiger partial charge in [0.05, 0.1) is 25.1 Å². The highest BCUT2D eigenvalue weighted by Crippen LogP contribution is 2.42. The molecule has 0 unspecified atom stereocenters. The molecule has 2 aromatic carbocycles.